The number of aromatic nitrogens is 3. The van der Waals surface area contributed by atoms with Crippen LogP contribution in [0.3, 0.4) is 0 Å². The first kappa shape index (κ1) is 13.6. The molecule has 0 atom stereocenters. The number of nitrogens with zero attached hydrogens (tertiary/aromatic N) is 3. The number of hydrogen-bond acceptors (Lipinski definition) is 4. The first-order valence-corrected chi connectivity index (χ1v) is 7.25. The second-order valence-electron chi connectivity index (χ2n) is 5.17. The Bertz CT molecular complexity index is 1010. The fourth-order valence-corrected chi connectivity index (χ4v) is 2.83. The average Bonchev–Trinajstić information content (AvgIpc) is 3.03. The Morgan fingerprint density at radius 2 is 1.70 bits per heavy atom. The van der Waals surface area contributed by atoms with Crippen LogP contribution in [0.1, 0.15) is 0 Å². The number of fused-ring (bicyclic) bond motifs is 2. The van der Waals surface area contributed by atoms with Crippen LogP contribution in [-0.2, 0) is 0 Å². The summed E-state index contributed by atoms with van der Waals surface area (Å²) in [5.41, 5.74) is 1.91. The first-order chi connectivity index (χ1) is 11.3. The molecule has 0 saturated heterocycles. The summed E-state index contributed by atoms with van der Waals surface area (Å²) in [6.07, 6.45) is 3.58. The molecule has 2 heterocycles. The highest BCUT2D eigenvalue weighted by Crippen LogP contribution is 2.33. The Kier molecular flexibility index (Phi) is 3.12. The van der Waals surface area contributed by atoms with Gasteiger partial charge in [-0.1, -0.05) is 18.2 Å². The standard InChI is InChI=1S/C18H15N3O2/c1-22-16-9-13-14(10-17(16)23-2)19-11-20-18(13)21-8-7-12-5-3-4-6-15(12)21/h3-11H,1-2H3. The summed E-state index contributed by atoms with van der Waals surface area (Å²) in [7, 11) is 3.24. The zero-order chi connectivity index (χ0) is 15.8. The Labute approximate surface area is 133 Å². The van der Waals surface area contributed by atoms with E-state index in [1.54, 1.807) is 20.5 Å². The van der Waals surface area contributed by atoms with E-state index < -0.39 is 0 Å². The van der Waals surface area contributed by atoms with E-state index >= 15 is 0 Å². The van der Waals surface area contributed by atoms with Gasteiger partial charge in [-0.3, -0.25) is 0 Å². The normalized spacial score (nSPS) is 11.0. The topological polar surface area (TPSA) is 49.2 Å². The van der Waals surface area contributed by atoms with Crippen LogP contribution in [-0.4, -0.2) is 28.8 Å². The fraction of sp³-hybridized carbons (Fsp3) is 0.111. The van der Waals surface area contributed by atoms with Crippen molar-refractivity contribution in [2.75, 3.05) is 14.2 Å². The fourth-order valence-electron chi connectivity index (χ4n) is 2.83. The van der Waals surface area contributed by atoms with Gasteiger partial charge in [0.05, 0.1) is 25.3 Å². The molecule has 0 saturated carbocycles. The quantitative estimate of drug-likeness (QED) is 0.580. The van der Waals surface area contributed by atoms with E-state index in [1.807, 2.05) is 30.5 Å². The molecule has 0 aliphatic heterocycles. The lowest BCUT2D eigenvalue weighted by atomic mass is 10.2. The van der Waals surface area contributed by atoms with E-state index in [2.05, 4.69) is 32.7 Å². The summed E-state index contributed by atoms with van der Waals surface area (Å²) >= 11 is 0. The first-order valence-electron chi connectivity index (χ1n) is 7.25. The van der Waals surface area contributed by atoms with E-state index in [0.29, 0.717) is 11.5 Å². The highest BCUT2D eigenvalue weighted by molar-refractivity contribution is 5.91. The molecule has 0 amide bonds. The Hall–Kier alpha value is -3.08. The van der Waals surface area contributed by atoms with Gasteiger partial charge in [0.15, 0.2) is 11.5 Å². The van der Waals surface area contributed by atoms with Crippen molar-refractivity contribution in [3.05, 3.63) is 55.0 Å². The van der Waals surface area contributed by atoms with E-state index in [1.165, 1.54) is 5.39 Å². The molecule has 0 spiro atoms. The van der Waals surface area contributed by atoms with Crippen molar-refractivity contribution >= 4 is 21.8 Å². The van der Waals surface area contributed by atoms with Crippen molar-refractivity contribution in [2.24, 2.45) is 0 Å². The van der Waals surface area contributed by atoms with Gasteiger partial charge in [-0.05, 0) is 23.6 Å². The number of benzene rings is 2. The maximum absolute atomic E-state index is 5.41. The van der Waals surface area contributed by atoms with Crippen molar-refractivity contribution in [2.45, 2.75) is 0 Å². The van der Waals surface area contributed by atoms with E-state index in [0.717, 1.165) is 22.2 Å². The molecule has 0 unspecified atom stereocenters. The number of rotatable bonds is 3. The van der Waals surface area contributed by atoms with Crippen LogP contribution in [0.2, 0.25) is 0 Å². The zero-order valence-electron chi connectivity index (χ0n) is 12.9. The monoisotopic (exact) mass is 305 g/mol. The predicted molar refractivity (Wildman–Crippen MR) is 89.5 cm³/mol. The molecule has 0 N–H and O–H groups in total. The van der Waals surface area contributed by atoms with Gasteiger partial charge in [0, 0.05) is 17.6 Å². The number of hydrogen-bond donors (Lipinski definition) is 0. The molecule has 5 nitrogen and oxygen atoms in total. The molecule has 0 radical (unpaired) electrons. The van der Waals surface area contributed by atoms with E-state index in [9.17, 15) is 0 Å². The molecule has 2 aromatic carbocycles. The van der Waals surface area contributed by atoms with Gasteiger partial charge >= 0.3 is 0 Å². The van der Waals surface area contributed by atoms with Crippen LogP contribution in [0, 0.1) is 0 Å². The van der Waals surface area contributed by atoms with Gasteiger partial charge in [-0.15, -0.1) is 0 Å². The minimum absolute atomic E-state index is 0.655. The van der Waals surface area contributed by atoms with Gasteiger partial charge in [0.1, 0.15) is 12.1 Å². The van der Waals surface area contributed by atoms with Crippen LogP contribution in [0.4, 0.5) is 0 Å². The summed E-state index contributed by atoms with van der Waals surface area (Å²) in [5, 5.41) is 2.08. The molecule has 2 aromatic heterocycles. The highest BCUT2D eigenvalue weighted by Gasteiger charge is 2.13. The molecule has 4 rings (SSSR count). The zero-order valence-corrected chi connectivity index (χ0v) is 12.9. The smallest absolute Gasteiger partial charge is 0.162 e. The van der Waals surface area contributed by atoms with Crippen LogP contribution in [0.5, 0.6) is 11.5 Å². The summed E-state index contributed by atoms with van der Waals surface area (Å²) < 4.78 is 12.8. The summed E-state index contributed by atoms with van der Waals surface area (Å²) in [6.45, 7) is 0. The van der Waals surface area contributed by atoms with Crippen molar-refractivity contribution in [1.82, 2.24) is 14.5 Å². The molecular weight excluding hydrogens is 290 g/mol. The predicted octanol–water partition coefficient (Wildman–Crippen LogP) is 3.59. The van der Waals surface area contributed by atoms with Gasteiger partial charge < -0.3 is 14.0 Å². The van der Waals surface area contributed by atoms with Crippen molar-refractivity contribution in [1.29, 1.82) is 0 Å². The summed E-state index contributed by atoms with van der Waals surface area (Å²) in [6, 6.07) is 14.1. The van der Waals surface area contributed by atoms with Crippen molar-refractivity contribution < 1.29 is 9.47 Å². The highest BCUT2D eigenvalue weighted by atomic mass is 16.5. The Morgan fingerprint density at radius 3 is 2.52 bits per heavy atom. The summed E-state index contributed by atoms with van der Waals surface area (Å²) in [4.78, 5) is 8.84. The third-order valence-electron chi connectivity index (χ3n) is 3.95. The van der Waals surface area contributed by atoms with Crippen LogP contribution < -0.4 is 9.47 Å². The van der Waals surface area contributed by atoms with Gasteiger partial charge in [0.25, 0.3) is 0 Å². The van der Waals surface area contributed by atoms with E-state index in [-0.39, 0.29) is 0 Å². The van der Waals surface area contributed by atoms with Gasteiger partial charge in [-0.25, -0.2) is 9.97 Å². The Balaban J connectivity index is 2.03. The largest absolute Gasteiger partial charge is 0.493 e. The minimum Gasteiger partial charge on any atom is -0.493 e. The van der Waals surface area contributed by atoms with Gasteiger partial charge in [-0.2, -0.15) is 0 Å². The molecular formula is C18H15N3O2. The van der Waals surface area contributed by atoms with Crippen LogP contribution >= 0.6 is 0 Å². The van der Waals surface area contributed by atoms with Crippen LogP contribution in [0.25, 0.3) is 27.6 Å². The molecule has 5 heteroatoms. The number of para-hydroxylation sites is 1. The molecule has 4 aromatic rings. The summed E-state index contributed by atoms with van der Waals surface area (Å²) in [5.74, 6) is 2.13. The maximum Gasteiger partial charge on any atom is 0.162 e. The maximum atomic E-state index is 5.41. The second-order valence-corrected chi connectivity index (χ2v) is 5.17. The molecule has 0 aliphatic carbocycles. The second kappa shape index (κ2) is 5.28. The lowest BCUT2D eigenvalue weighted by Gasteiger charge is -2.12. The lowest BCUT2D eigenvalue weighted by Crippen LogP contribution is -1.99. The number of methoxy groups -OCH3 is 2. The SMILES string of the molecule is COc1cc2ncnc(-n3ccc4ccccc43)c2cc1OC. The van der Waals surface area contributed by atoms with Crippen molar-refractivity contribution in [3.63, 3.8) is 0 Å². The number of ether oxygens (including phenoxy) is 2. The third-order valence-corrected chi connectivity index (χ3v) is 3.95. The Morgan fingerprint density at radius 1 is 0.913 bits per heavy atom. The van der Waals surface area contributed by atoms with Crippen LogP contribution in [0.15, 0.2) is 55.0 Å². The molecule has 23 heavy (non-hydrogen) atoms. The molecule has 0 aliphatic rings. The third kappa shape index (κ3) is 2.09. The minimum atomic E-state index is 0.655. The average molecular weight is 305 g/mol. The molecule has 0 bridgehead atoms. The molecule has 114 valence electrons. The lowest BCUT2D eigenvalue weighted by molar-refractivity contribution is 0.356. The van der Waals surface area contributed by atoms with E-state index in [4.69, 9.17) is 9.47 Å². The van der Waals surface area contributed by atoms with Gasteiger partial charge in [0.2, 0.25) is 0 Å². The van der Waals surface area contributed by atoms with Crippen molar-refractivity contribution in [3.8, 4) is 17.3 Å². The molecule has 0 fully saturated rings.